The molecule has 2 N–H and O–H groups in total. The van der Waals surface area contributed by atoms with Crippen LogP contribution in [0.3, 0.4) is 0 Å². The van der Waals surface area contributed by atoms with Gasteiger partial charge in [0.15, 0.2) is 5.75 Å². The number of aromatic nitrogens is 2. The van der Waals surface area contributed by atoms with E-state index in [1.54, 1.807) is 11.9 Å². The van der Waals surface area contributed by atoms with Gasteiger partial charge in [0.25, 0.3) is 11.8 Å². The Morgan fingerprint density at radius 1 is 0.540 bits per heavy atom. The number of hydrogen-bond donors (Lipinski definition) is 2. The monoisotopic (exact) mass is 1170 g/mol. The number of azo groups is 2. The average molecular weight is 1180 g/mol. The normalized spacial score (nSPS) is 11.6. The van der Waals surface area contributed by atoms with Gasteiger partial charge in [-0.15, -0.1) is 10.2 Å². The second kappa shape index (κ2) is 23.1. The van der Waals surface area contributed by atoms with Crippen LogP contribution in [0.1, 0.15) is 44.3 Å². The summed E-state index contributed by atoms with van der Waals surface area (Å²) < 4.78 is 6.17. The van der Waals surface area contributed by atoms with Gasteiger partial charge in [-0.2, -0.15) is 10.2 Å². The van der Waals surface area contributed by atoms with Crippen LogP contribution >= 0.6 is 23.2 Å². The van der Waals surface area contributed by atoms with Crippen LogP contribution in [0.4, 0.5) is 51.2 Å². The lowest BCUT2D eigenvalue weighted by atomic mass is 9.96. The Balaban J connectivity index is 0.862. The number of rotatable bonds is 13. The fourth-order valence-electron chi connectivity index (χ4n) is 11.8. The van der Waals surface area contributed by atoms with Gasteiger partial charge in [-0.1, -0.05) is 115 Å². The van der Waals surface area contributed by atoms with Crippen molar-refractivity contribution < 1.29 is 14.3 Å². The molecule has 0 aliphatic carbocycles. The fraction of sp³-hybridized carbons (Fsp3) is 0.0822. The molecule has 11 aromatic carbocycles. The smallest absolute Gasteiger partial charge is 0.261 e. The van der Waals surface area contributed by atoms with Crippen molar-refractivity contribution in [3.63, 3.8) is 0 Å². The van der Waals surface area contributed by atoms with Crippen molar-refractivity contribution in [2.75, 3.05) is 35.9 Å². The summed E-state index contributed by atoms with van der Waals surface area (Å²) in [4.78, 5) is 42.0. The molecule has 0 saturated heterocycles. The summed E-state index contributed by atoms with van der Waals surface area (Å²) in [6.45, 7) is 9.67. The number of aryl methyl sites for hydroxylation is 1. The number of methoxy groups -OCH3 is 1. The number of anilines is 5. The number of carbonyl (C=O) groups is 2. The molecule has 13 aromatic rings. The molecular formula is C73H53Cl2N9O3. The van der Waals surface area contributed by atoms with Crippen molar-refractivity contribution in [1.29, 1.82) is 0 Å². The highest BCUT2D eigenvalue weighted by Gasteiger charge is 2.27. The Kier molecular flexibility index (Phi) is 14.8. The number of amides is 2. The van der Waals surface area contributed by atoms with Crippen LogP contribution in [-0.2, 0) is 6.42 Å². The number of hydrogen-bond acceptors (Lipinski definition) is 8. The van der Waals surface area contributed by atoms with Crippen LogP contribution in [0.25, 0.3) is 65.2 Å². The first-order valence-corrected chi connectivity index (χ1v) is 28.9. The summed E-state index contributed by atoms with van der Waals surface area (Å²) in [5.74, 6) is 5.12. The minimum absolute atomic E-state index is 0.149. The van der Waals surface area contributed by atoms with Gasteiger partial charge < -0.3 is 29.4 Å². The largest absolute Gasteiger partial charge is 0.494 e. The van der Waals surface area contributed by atoms with Gasteiger partial charge in [0.1, 0.15) is 5.69 Å². The van der Waals surface area contributed by atoms with E-state index in [0.29, 0.717) is 60.6 Å². The highest BCUT2D eigenvalue weighted by Crippen LogP contribution is 2.47. The second-order valence-corrected chi connectivity index (χ2v) is 22.0. The van der Waals surface area contributed by atoms with Crippen LogP contribution in [0.2, 0.25) is 10.0 Å². The molecule has 14 heteroatoms. The first-order valence-electron chi connectivity index (χ1n) is 28.2. The van der Waals surface area contributed by atoms with Gasteiger partial charge in [0, 0.05) is 101 Å². The zero-order valence-corrected chi connectivity index (χ0v) is 49.5. The van der Waals surface area contributed by atoms with Crippen LogP contribution < -0.4 is 19.4 Å². The molecule has 0 spiro atoms. The number of benzene rings is 11. The number of para-hydroxylation sites is 3. The predicted octanol–water partition coefficient (Wildman–Crippen LogP) is 20.4. The lowest BCUT2D eigenvalue weighted by Gasteiger charge is -2.25. The van der Waals surface area contributed by atoms with Gasteiger partial charge in [0.05, 0.1) is 53.4 Å². The molecule has 0 aliphatic heterocycles. The minimum atomic E-state index is -0.347. The molecule has 12 nitrogen and oxygen atoms in total. The lowest BCUT2D eigenvalue weighted by Crippen LogP contribution is -2.27. The Morgan fingerprint density at radius 2 is 1.03 bits per heavy atom. The third-order valence-corrected chi connectivity index (χ3v) is 16.5. The predicted molar refractivity (Wildman–Crippen MR) is 356 cm³/mol. The lowest BCUT2D eigenvalue weighted by molar-refractivity contribution is 0.0983. The second-order valence-electron chi connectivity index (χ2n) is 21.1. The summed E-state index contributed by atoms with van der Waals surface area (Å²) in [5, 5.41) is 27.9. The summed E-state index contributed by atoms with van der Waals surface area (Å²) >= 11 is 13.1. The standard InChI is InChI=1S/C73H53Cl2N9O3/c1-7-16-45-18-13-15-22-64(45)83(5)73(86)60-40-47-24-36-56-59-42-49(75)26-38-62(59)77-69(56)66(47)70(71(60)87-6)81-79-51-29-33-54(34-30-51)84(52-19-10-9-11-20-52)53-31-27-50(28-32-53)78-80-67-43(3)57(72(85)82(4)63-21-14-12-17-44(63)8-2)39-46-23-35-55-58-41-48(74)25-37-61(58)76-68(55)65(46)67/h1,9-15,17-42,76-77H,8H2,2-6H3. The molecule has 2 radical (unpaired) electrons. The van der Waals surface area contributed by atoms with Gasteiger partial charge in [-0.05, 0) is 163 Å². The molecule has 13 rings (SSSR count). The van der Waals surface area contributed by atoms with E-state index in [2.05, 4.69) is 45.8 Å². The van der Waals surface area contributed by atoms with E-state index in [0.717, 1.165) is 94.5 Å². The van der Waals surface area contributed by atoms with Crippen molar-refractivity contribution in [2.24, 2.45) is 20.5 Å². The number of nitrogens with one attached hydrogen (secondary N) is 2. The highest BCUT2D eigenvalue weighted by molar-refractivity contribution is 6.33. The Morgan fingerprint density at radius 3 is 1.61 bits per heavy atom. The van der Waals surface area contributed by atoms with Crippen LogP contribution in [0, 0.1) is 25.7 Å². The van der Waals surface area contributed by atoms with E-state index < -0.39 is 0 Å². The number of aromatic amines is 2. The van der Waals surface area contributed by atoms with Crippen molar-refractivity contribution in [3.05, 3.63) is 245 Å². The van der Waals surface area contributed by atoms with E-state index >= 15 is 0 Å². The van der Waals surface area contributed by atoms with Gasteiger partial charge in [-0.3, -0.25) is 9.59 Å². The maximum Gasteiger partial charge on any atom is 0.261 e. The number of carbonyl (C=O) groups excluding carboxylic acids is 2. The van der Waals surface area contributed by atoms with Crippen molar-refractivity contribution >= 4 is 151 Å². The Hall–Kier alpha value is -10.6. The summed E-state index contributed by atoms with van der Waals surface area (Å²) in [6.07, 6.45) is 0.779. The molecule has 0 saturated carbocycles. The van der Waals surface area contributed by atoms with Gasteiger partial charge in [0.2, 0.25) is 0 Å². The van der Waals surface area contributed by atoms with Crippen molar-refractivity contribution in [3.8, 4) is 17.6 Å². The van der Waals surface area contributed by atoms with E-state index in [-0.39, 0.29) is 23.1 Å². The number of nitrogens with zero attached hydrogens (tertiary/aromatic N) is 7. The maximum absolute atomic E-state index is 14.7. The minimum Gasteiger partial charge on any atom is -0.494 e. The van der Waals surface area contributed by atoms with E-state index in [1.807, 2.05) is 202 Å². The molecule has 2 amide bonds. The summed E-state index contributed by atoms with van der Waals surface area (Å²) in [5.41, 5.74) is 12.8. The number of fused-ring (bicyclic) bond motifs is 10. The molecular weight excluding hydrogens is 1120 g/mol. The first-order chi connectivity index (χ1) is 42.4. The molecule has 87 heavy (non-hydrogen) atoms. The van der Waals surface area contributed by atoms with E-state index in [9.17, 15) is 9.59 Å². The summed E-state index contributed by atoms with van der Waals surface area (Å²) in [7, 11) is 5.03. The zero-order chi connectivity index (χ0) is 60.0. The third-order valence-electron chi connectivity index (χ3n) is 16.1. The molecule has 0 unspecified atom stereocenters. The molecule has 0 bridgehead atoms. The number of ether oxygens (including phenoxy) is 1. The molecule has 422 valence electrons. The van der Waals surface area contributed by atoms with Gasteiger partial charge in [-0.25, -0.2) is 0 Å². The molecule has 0 fully saturated rings. The van der Waals surface area contributed by atoms with Crippen molar-refractivity contribution in [1.82, 2.24) is 9.97 Å². The van der Waals surface area contributed by atoms with E-state index in [4.69, 9.17) is 55.3 Å². The maximum atomic E-state index is 14.7. The number of halogens is 2. The van der Waals surface area contributed by atoms with Crippen LogP contribution in [0.5, 0.6) is 5.75 Å². The molecule has 2 heterocycles. The highest BCUT2D eigenvalue weighted by atomic mass is 35.5. The Bertz CT molecular complexity index is 5040. The quantitative estimate of drug-likeness (QED) is 0.0878. The topological polar surface area (TPSA) is 134 Å². The molecule has 2 aromatic heterocycles. The zero-order valence-electron chi connectivity index (χ0n) is 47.9. The van der Waals surface area contributed by atoms with Crippen molar-refractivity contribution in [2.45, 2.75) is 20.3 Å². The third kappa shape index (κ3) is 10.1. The number of H-pyrrole nitrogens is 2. The van der Waals surface area contributed by atoms with Crippen LogP contribution in [-0.4, -0.2) is 43.0 Å². The molecule has 0 aliphatic rings. The van der Waals surface area contributed by atoms with Gasteiger partial charge >= 0.3 is 0 Å². The Labute approximate surface area is 512 Å². The average Bonchev–Trinajstić information content (AvgIpc) is 1.80. The summed E-state index contributed by atoms with van der Waals surface area (Å²) in [6, 6.07) is 64.4. The SMILES string of the molecule is [CH]C#Cc1ccccc1N(C)C(=O)c1cc2ccc3c4cc(Cl)ccc4[nH]c3c2c(N=Nc2ccc(N(c3ccccc3)c3ccc(N=Nc4c(C)c(C(=O)N(C)c5ccccc5CC)cc5ccc6c7cc(Cl)ccc7[nH]c6c45)cc3)cc2)c1OC. The first kappa shape index (κ1) is 55.6. The molecule has 0 atom stereocenters. The van der Waals surface area contributed by atoms with E-state index in [1.165, 1.54) is 12.0 Å². The van der Waals surface area contributed by atoms with Crippen LogP contribution in [0.15, 0.2) is 221 Å². The fourth-order valence-corrected chi connectivity index (χ4v) is 12.1.